The standard InChI is InChI=1S/C30H38N3O5/c1-19-24(28(30(36)37)31-27(19)26(20(2)34)29(31)35)18-38-25-9-5-7-22-21(6-4-8-23(22)25)10-11-33-15-12-32(3,13-16-33)14-17-33/h4-9,19-20,26-27,34H,10-18H2,1-3H3/q+1/p+1/t19-,20+,26+,27?,32?,33?/m0/s1. The second kappa shape index (κ2) is 9.07. The number of benzene rings is 2. The summed E-state index contributed by atoms with van der Waals surface area (Å²) in [5.41, 5.74) is 1.93. The fraction of sp³-hybridized carbons (Fsp3) is 0.533. The fourth-order valence-electron chi connectivity index (χ4n) is 7.40. The van der Waals surface area contributed by atoms with E-state index in [1.54, 1.807) is 6.92 Å². The fourth-order valence-corrected chi connectivity index (χ4v) is 7.40. The van der Waals surface area contributed by atoms with E-state index in [2.05, 4.69) is 31.3 Å². The third kappa shape index (κ3) is 3.92. The van der Waals surface area contributed by atoms with Crippen LogP contribution in [0.2, 0.25) is 0 Å². The van der Waals surface area contributed by atoms with Crippen LogP contribution >= 0.6 is 0 Å². The Morgan fingerprint density at radius 2 is 1.74 bits per heavy atom. The third-order valence-corrected chi connectivity index (χ3v) is 10.1. The number of carboxylic acids is 1. The minimum atomic E-state index is -1.13. The molecule has 0 saturated carbocycles. The lowest BCUT2D eigenvalue weighted by Crippen LogP contribution is -2.73. The van der Waals surface area contributed by atoms with Crippen LogP contribution in [-0.2, 0) is 16.0 Å². The van der Waals surface area contributed by atoms with Gasteiger partial charge >= 0.3 is 5.97 Å². The van der Waals surface area contributed by atoms with E-state index in [0.29, 0.717) is 5.57 Å². The number of rotatable bonds is 8. The van der Waals surface area contributed by atoms with Crippen LogP contribution in [0.5, 0.6) is 5.75 Å². The van der Waals surface area contributed by atoms with Crippen molar-refractivity contribution >= 4 is 22.6 Å². The summed E-state index contributed by atoms with van der Waals surface area (Å²) in [6.07, 6.45) is 0.206. The first-order chi connectivity index (χ1) is 18.1. The lowest BCUT2D eigenvalue weighted by molar-refractivity contribution is -1.07. The molecule has 5 aliphatic rings. The summed E-state index contributed by atoms with van der Waals surface area (Å²) in [4.78, 5) is 26.1. The zero-order chi connectivity index (χ0) is 26.8. The van der Waals surface area contributed by atoms with Crippen LogP contribution in [0.4, 0.5) is 0 Å². The molecule has 1 amide bonds. The molecule has 202 valence electrons. The Hall–Kier alpha value is -2.94. The third-order valence-electron chi connectivity index (χ3n) is 10.1. The van der Waals surface area contributed by atoms with Gasteiger partial charge in [-0.15, -0.1) is 0 Å². The maximum absolute atomic E-state index is 12.6. The quantitative estimate of drug-likeness (QED) is 0.411. The first-order valence-electron chi connectivity index (χ1n) is 13.9. The summed E-state index contributed by atoms with van der Waals surface area (Å²) in [5.74, 6) is -1.50. The Bertz CT molecular complexity index is 1310. The average molecular weight is 522 g/mol. The first-order valence-corrected chi connectivity index (χ1v) is 13.9. The van der Waals surface area contributed by atoms with E-state index in [-0.39, 0.29) is 30.2 Å². The smallest absolute Gasteiger partial charge is 0.352 e. The number of fused-ring (bicyclic) bond motifs is 5. The highest BCUT2D eigenvalue weighted by molar-refractivity contribution is 6.00. The molecular formula is C30H39N3O5+2. The van der Waals surface area contributed by atoms with Crippen LogP contribution in [0.15, 0.2) is 47.7 Å². The van der Waals surface area contributed by atoms with Crippen LogP contribution < -0.4 is 4.74 Å². The van der Waals surface area contributed by atoms with E-state index in [4.69, 9.17) is 4.74 Å². The molecule has 4 saturated heterocycles. The summed E-state index contributed by atoms with van der Waals surface area (Å²) >= 11 is 0. The minimum Gasteiger partial charge on any atom is -0.488 e. The van der Waals surface area contributed by atoms with Gasteiger partial charge in [0.15, 0.2) is 0 Å². The van der Waals surface area contributed by atoms with E-state index >= 15 is 0 Å². The number of carboxylic acid groups (broad SMARTS) is 1. The van der Waals surface area contributed by atoms with Crippen molar-refractivity contribution in [3.05, 3.63) is 53.2 Å². The Kier molecular flexibility index (Phi) is 6.05. The molecule has 4 atom stereocenters. The molecule has 8 heteroatoms. The molecule has 5 heterocycles. The van der Waals surface area contributed by atoms with Gasteiger partial charge in [0.25, 0.3) is 0 Å². The molecule has 0 radical (unpaired) electrons. The molecule has 7 rings (SSSR count). The molecule has 0 aromatic heterocycles. The highest BCUT2D eigenvalue weighted by Gasteiger charge is 2.59. The van der Waals surface area contributed by atoms with Crippen LogP contribution in [0.1, 0.15) is 19.4 Å². The number of aliphatic carboxylic acids is 1. The van der Waals surface area contributed by atoms with Crippen molar-refractivity contribution in [2.45, 2.75) is 32.4 Å². The Morgan fingerprint density at radius 3 is 2.39 bits per heavy atom. The van der Waals surface area contributed by atoms with Crippen LogP contribution in [0.3, 0.4) is 0 Å². The van der Waals surface area contributed by atoms with Gasteiger partial charge in [-0.05, 0) is 23.9 Å². The number of likely N-dealkylation sites (N-methyl/N-ethyl adjacent to an activating group) is 1. The van der Waals surface area contributed by atoms with Gasteiger partial charge in [0.2, 0.25) is 5.91 Å². The highest BCUT2D eigenvalue weighted by Crippen LogP contribution is 2.47. The van der Waals surface area contributed by atoms with Crippen LogP contribution in [0, 0.1) is 11.8 Å². The molecule has 4 fully saturated rings. The number of β-lactam (4-membered cyclic amide) rings is 1. The number of nitrogens with zero attached hydrogens (tertiary/aromatic N) is 3. The number of hydrogen-bond acceptors (Lipinski definition) is 4. The maximum atomic E-state index is 12.6. The zero-order valence-corrected chi connectivity index (χ0v) is 22.6. The van der Waals surface area contributed by atoms with Crippen molar-refractivity contribution in [1.29, 1.82) is 0 Å². The van der Waals surface area contributed by atoms with Crippen molar-refractivity contribution in [3.8, 4) is 5.75 Å². The summed E-state index contributed by atoms with van der Waals surface area (Å²) in [6, 6.07) is 12.1. The zero-order valence-electron chi connectivity index (χ0n) is 22.6. The molecule has 5 aliphatic heterocycles. The number of amides is 1. The number of aliphatic hydroxyl groups is 1. The van der Waals surface area contributed by atoms with E-state index < -0.39 is 18.0 Å². The van der Waals surface area contributed by atoms with Crippen molar-refractivity contribution in [1.82, 2.24) is 4.90 Å². The molecule has 2 bridgehead atoms. The van der Waals surface area contributed by atoms with Gasteiger partial charge in [-0.2, -0.15) is 0 Å². The van der Waals surface area contributed by atoms with E-state index in [1.165, 1.54) is 64.1 Å². The van der Waals surface area contributed by atoms with Crippen molar-refractivity contribution in [3.63, 3.8) is 0 Å². The summed E-state index contributed by atoms with van der Waals surface area (Å²) in [5, 5.41) is 22.2. The lowest BCUT2D eigenvalue weighted by Gasteiger charge is -2.54. The summed E-state index contributed by atoms with van der Waals surface area (Å²) in [7, 11) is 2.40. The van der Waals surface area contributed by atoms with Gasteiger partial charge in [0.05, 0.1) is 31.7 Å². The van der Waals surface area contributed by atoms with Crippen molar-refractivity contribution in [2.24, 2.45) is 11.8 Å². The number of aliphatic hydroxyl groups excluding tert-OH is 1. The predicted molar refractivity (Wildman–Crippen MR) is 143 cm³/mol. The molecule has 2 aromatic carbocycles. The molecule has 8 nitrogen and oxygen atoms in total. The van der Waals surface area contributed by atoms with Crippen LogP contribution in [0.25, 0.3) is 10.8 Å². The second-order valence-corrected chi connectivity index (χ2v) is 12.3. The van der Waals surface area contributed by atoms with Gasteiger partial charge in [0, 0.05) is 23.3 Å². The minimum absolute atomic E-state index is 0.0111. The van der Waals surface area contributed by atoms with Gasteiger partial charge in [-0.1, -0.05) is 37.3 Å². The first kappa shape index (κ1) is 25.3. The Labute approximate surface area is 223 Å². The van der Waals surface area contributed by atoms with Crippen LogP contribution in [-0.4, -0.2) is 108 Å². The Morgan fingerprint density at radius 1 is 1.08 bits per heavy atom. The van der Waals surface area contributed by atoms with E-state index in [9.17, 15) is 19.8 Å². The van der Waals surface area contributed by atoms with Gasteiger partial charge in [-0.3, -0.25) is 4.79 Å². The number of carbonyl (C=O) groups excluding carboxylic acids is 1. The molecule has 38 heavy (non-hydrogen) atoms. The average Bonchev–Trinajstić information content (AvgIpc) is 3.14. The van der Waals surface area contributed by atoms with Gasteiger partial charge < -0.3 is 28.8 Å². The van der Waals surface area contributed by atoms with Gasteiger partial charge in [0.1, 0.15) is 57.3 Å². The summed E-state index contributed by atoms with van der Waals surface area (Å²) in [6.45, 7) is 12.4. The summed E-state index contributed by atoms with van der Waals surface area (Å²) < 4.78 is 8.76. The Balaban J connectivity index is 1.22. The normalized spacial score (nSPS) is 32.9. The SMILES string of the molecule is C[C@H]1C(COc2cccc3c(CC[N+]45CC[N+](C)(CC4)CC5)cccc23)=C(C(=O)O)N2C(=O)[C@H]([C@@H](C)O)C12. The van der Waals surface area contributed by atoms with Crippen molar-refractivity contribution < 1.29 is 33.5 Å². The molecule has 2 N–H and O–H groups in total. The number of hydrogen-bond donors (Lipinski definition) is 2. The topological polar surface area (TPSA) is 87.1 Å². The predicted octanol–water partition coefficient (Wildman–Crippen LogP) is 2.25. The lowest BCUT2D eigenvalue weighted by atomic mass is 9.78. The monoisotopic (exact) mass is 521 g/mol. The molecule has 0 spiro atoms. The van der Waals surface area contributed by atoms with E-state index in [1.807, 2.05) is 19.1 Å². The number of quaternary nitrogens is 2. The number of carbonyl (C=O) groups is 2. The second-order valence-electron chi connectivity index (χ2n) is 12.3. The van der Waals surface area contributed by atoms with Crippen molar-refractivity contribution in [2.75, 3.05) is 59.5 Å². The van der Waals surface area contributed by atoms with Gasteiger partial charge in [-0.25, -0.2) is 4.79 Å². The molecular weight excluding hydrogens is 482 g/mol. The molecule has 0 aliphatic carbocycles. The largest absolute Gasteiger partial charge is 0.488 e. The highest BCUT2D eigenvalue weighted by atomic mass is 16.5. The number of piperazine rings is 3. The maximum Gasteiger partial charge on any atom is 0.352 e. The molecule has 2 aromatic rings. The number of ether oxygens (including phenoxy) is 1. The molecule has 1 unspecified atom stereocenters. The van der Waals surface area contributed by atoms with E-state index in [0.717, 1.165) is 24.1 Å².